The lowest BCUT2D eigenvalue weighted by molar-refractivity contribution is -0.116. The van der Waals surface area contributed by atoms with Crippen molar-refractivity contribution in [2.24, 2.45) is 0 Å². The molecule has 0 unspecified atom stereocenters. The first kappa shape index (κ1) is 15.9. The van der Waals surface area contributed by atoms with Crippen molar-refractivity contribution in [3.05, 3.63) is 51.7 Å². The van der Waals surface area contributed by atoms with Gasteiger partial charge in [-0.15, -0.1) is 11.3 Å². The SMILES string of the molecule is O=C1CCc2cc(CCN3CCC(c4cccs4)CC3)ccc2N1. The van der Waals surface area contributed by atoms with Gasteiger partial charge in [-0.05, 0) is 73.3 Å². The van der Waals surface area contributed by atoms with Crippen LogP contribution in [0.2, 0.25) is 0 Å². The van der Waals surface area contributed by atoms with Crippen LogP contribution in [-0.4, -0.2) is 30.4 Å². The fourth-order valence-corrected chi connectivity index (χ4v) is 4.74. The van der Waals surface area contributed by atoms with Crippen molar-refractivity contribution in [3.63, 3.8) is 0 Å². The first-order chi connectivity index (χ1) is 11.8. The van der Waals surface area contributed by atoms with Gasteiger partial charge in [0.15, 0.2) is 0 Å². The lowest BCUT2D eigenvalue weighted by atomic mass is 9.94. The predicted octanol–water partition coefficient (Wildman–Crippen LogP) is 4.05. The molecule has 1 aromatic heterocycles. The second kappa shape index (κ2) is 7.08. The van der Waals surface area contributed by atoms with E-state index in [4.69, 9.17) is 0 Å². The molecule has 2 aliphatic rings. The number of piperidine rings is 1. The second-order valence-electron chi connectivity index (χ2n) is 6.92. The molecule has 1 fully saturated rings. The Morgan fingerprint density at radius 3 is 2.83 bits per heavy atom. The Balaban J connectivity index is 1.29. The molecule has 0 radical (unpaired) electrons. The number of aryl methyl sites for hydroxylation is 1. The standard InChI is InChI=1S/C20H24N2OS/c23-20-6-4-17-14-15(3-5-18(17)21-20)7-10-22-11-8-16(9-12-22)19-2-1-13-24-19/h1-3,5,13-14,16H,4,6-12H2,(H,21,23). The van der Waals surface area contributed by atoms with Crippen LogP contribution in [0, 0.1) is 0 Å². The molecule has 2 aromatic rings. The largest absolute Gasteiger partial charge is 0.326 e. The van der Waals surface area contributed by atoms with Gasteiger partial charge in [-0.2, -0.15) is 0 Å². The first-order valence-corrected chi connectivity index (χ1v) is 9.83. The number of carbonyl (C=O) groups excluding carboxylic acids is 1. The van der Waals surface area contributed by atoms with Gasteiger partial charge >= 0.3 is 0 Å². The minimum atomic E-state index is 0.142. The van der Waals surface area contributed by atoms with E-state index in [0.29, 0.717) is 6.42 Å². The third-order valence-electron chi connectivity index (χ3n) is 5.31. The van der Waals surface area contributed by atoms with Crippen molar-refractivity contribution in [2.45, 2.75) is 38.0 Å². The van der Waals surface area contributed by atoms with Crippen molar-refractivity contribution in [2.75, 3.05) is 25.0 Å². The van der Waals surface area contributed by atoms with Crippen molar-refractivity contribution < 1.29 is 4.79 Å². The van der Waals surface area contributed by atoms with Gasteiger partial charge in [-0.25, -0.2) is 0 Å². The summed E-state index contributed by atoms with van der Waals surface area (Å²) in [4.78, 5) is 15.6. The van der Waals surface area contributed by atoms with Crippen LogP contribution in [0.25, 0.3) is 0 Å². The number of hydrogen-bond donors (Lipinski definition) is 1. The van der Waals surface area contributed by atoms with E-state index in [9.17, 15) is 4.79 Å². The molecule has 0 spiro atoms. The number of fused-ring (bicyclic) bond motifs is 1. The zero-order valence-corrected chi connectivity index (χ0v) is 14.8. The van der Waals surface area contributed by atoms with E-state index in [1.165, 1.54) is 37.1 Å². The van der Waals surface area contributed by atoms with Gasteiger partial charge in [-0.1, -0.05) is 18.2 Å². The number of thiophene rings is 1. The summed E-state index contributed by atoms with van der Waals surface area (Å²) in [6.45, 7) is 3.56. The molecule has 2 aliphatic heterocycles. The Bertz CT molecular complexity index is 702. The van der Waals surface area contributed by atoms with E-state index >= 15 is 0 Å². The molecule has 0 saturated carbocycles. The normalized spacial score (nSPS) is 19.1. The summed E-state index contributed by atoms with van der Waals surface area (Å²) in [6.07, 6.45) is 5.17. The molecule has 4 rings (SSSR count). The lowest BCUT2D eigenvalue weighted by Gasteiger charge is -2.31. The maximum atomic E-state index is 11.4. The van der Waals surface area contributed by atoms with Gasteiger partial charge in [0.2, 0.25) is 5.91 Å². The minimum Gasteiger partial charge on any atom is -0.326 e. The number of carbonyl (C=O) groups is 1. The number of likely N-dealkylation sites (tertiary alicyclic amines) is 1. The zero-order chi connectivity index (χ0) is 16.4. The Morgan fingerprint density at radius 1 is 1.17 bits per heavy atom. The molecule has 3 nitrogen and oxygen atoms in total. The molecule has 126 valence electrons. The number of nitrogens with one attached hydrogen (secondary N) is 1. The van der Waals surface area contributed by atoms with Gasteiger partial charge in [0.25, 0.3) is 0 Å². The third kappa shape index (κ3) is 3.55. The number of hydrogen-bond acceptors (Lipinski definition) is 3. The summed E-state index contributed by atoms with van der Waals surface area (Å²) >= 11 is 1.91. The molecule has 1 amide bonds. The number of nitrogens with zero attached hydrogens (tertiary/aromatic N) is 1. The predicted molar refractivity (Wildman–Crippen MR) is 99.8 cm³/mol. The molecule has 0 aliphatic carbocycles. The molecule has 1 saturated heterocycles. The highest BCUT2D eigenvalue weighted by molar-refractivity contribution is 7.10. The molecule has 24 heavy (non-hydrogen) atoms. The quantitative estimate of drug-likeness (QED) is 0.910. The van der Waals surface area contributed by atoms with E-state index in [1.54, 1.807) is 4.88 Å². The summed E-state index contributed by atoms with van der Waals surface area (Å²) < 4.78 is 0. The van der Waals surface area contributed by atoms with Crippen LogP contribution in [0.1, 0.15) is 41.2 Å². The van der Waals surface area contributed by atoms with Crippen molar-refractivity contribution in [1.82, 2.24) is 4.90 Å². The number of rotatable bonds is 4. The van der Waals surface area contributed by atoms with Gasteiger partial charge < -0.3 is 10.2 Å². The monoisotopic (exact) mass is 340 g/mol. The van der Waals surface area contributed by atoms with Crippen LogP contribution in [0.5, 0.6) is 0 Å². The Labute approximate surface area is 147 Å². The van der Waals surface area contributed by atoms with Crippen LogP contribution in [0.15, 0.2) is 35.7 Å². The fourth-order valence-electron chi connectivity index (χ4n) is 3.84. The smallest absolute Gasteiger partial charge is 0.224 e. The molecular weight excluding hydrogens is 316 g/mol. The fraction of sp³-hybridized carbons (Fsp3) is 0.450. The highest BCUT2D eigenvalue weighted by Crippen LogP contribution is 2.31. The first-order valence-electron chi connectivity index (χ1n) is 8.95. The molecular formula is C20H24N2OS. The zero-order valence-electron chi connectivity index (χ0n) is 14.0. The van der Waals surface area contributed by atoms with E-state index < -0.39 is 0 Å². The van der Waals surface area contributed by atoms with E-state index in [-0.39, 0.29) is 5.91 Å². The second-order valence-corrected chi connectivity index (χ2v) is 7.90. The van der Waals surface area contributed by atoms with Crippen LogP contribution in [-0.2, 0) is 17.6 Å². The highest BCUT2D eigenvalue weighted by atomic mass is 32.1. The highest BCUT2D eigenvalue weighted by Gasteiger charge is 2.21. The Morgan fingerprint density at radius 2 is 2.04 bits per heavy atom. The van der Waals surface area contributed by atoms with Crippen LogP contribution in [0.3, 0.4) is 0 Å². The van der Waals surface area contributed by atoms with E-state index in [1.807, 2.05) is 11.3 Å². The maximum Gasteiger partial charge on any atom is 0.224 e. The molecule has 4 heteroatoms. The Hall–Kier alpha value is -1.65. The van der Waals surface area contributed by atoms with Crippen molar-refractivity contribution in [3.8, 4) is 0 Å². The number of amides is 1. The molecule has 3 heterocycles. The molecule has 1 N–H and O–H groups in total. The van der Waals surface area contributed by atoms with Gasteiger partial charge in [-0.3, -0.25) is 4.79 Å². The summed E-state index contributed by atoms with van der Waals surface area (Å²) in [6, 6.07) is 11.0. The lowest BCUT2D eigenvalue weighted by Crippen LogP contribution is -2.34. The molecule has 0 bridgehead atoms. The summed E-state index contributed by atoms with van der Waals surface area (Å²) in [5.74, 6) is 0.914. The van der Waals surface area contributed by atoms with Gasteiger partial charge in [0.05, 0.1) is 0 Å². The molecule has 0 atom stereocenters. The summed E-state index contributed by atoms with van der Waals surface area (Å²) in [5, 5.41) is 5.16. The minimum absolute atomic E-state index is 0.142. The molecule has 1 aromatic carbocycles. The summed E-state index contributed by atoms with van der Waals surface area (Å²) in [7, 11) is 0. The van der Waals surface area contributed by atoms with Crippen molar-refractivity contribution >= 4 is 22.9 Å². The van der Waals surface area contributed by atoms with Crippen LogP contribution in [0.4, 0.5) is 5.69 Å². The summed E-state index contributed by atoms with van der Waals surface area (Å²) in [5.41, 5.74) is 3.69. The topological polar surface area (TPSA) is 32.3 Å². The number of anilines is 1. The Kier molecular flexibility index (Phi) is 4.67. The van der Waals surface area contributed by atoms with Crippen molar-refractivity contribution in [1.29, 1.82) is 0 Å². The average molecular weight is 340 g/mol. The van der Waals surface area contributed by atoms with Crippen LogP contribution >= 0.6 is 11.3 Å². The van der Waals surface area contributed by atoms with Crippen LogP contribution < -0.4 is 5.32 Å². The van der Waals surface area contributed by atoms with Gasteiger partial charge in [0, 0.05) is 23.5 Å². The van der Waals surface area contributed by atoms with Gasteiger partial charge in [0.1, 0.15) is 0 Å². The maximum absolute atomic E-state index is 11.4. The number of benzene rings is 1. The van der Waals surface area contributed by atoms with E-state index in [0.717, 1.165) is 31.0 Å². The van der Waals surface area contributed by atoms with E-state index in [2.05, 4.69) is 45.9 Å². The average Bonchev–Trinajstić information content (AvgIpc) is 3.15. The third-order valence-corrected chi connectivity index (χ3v) is 6.35.